The van der Waals surface area contributed by atoms with Gasteiger partial charge in [0.1, 0.15) is 4.90 Å². The Morgan fingerprint density at radius 2 is 1.68 bits per heavy atom. The Hall–Kier alpha value is -4.16. The fraction of sp³-hybridized carbons (Fsp3) is 0.120. The standard InChI is InChI=1S/C25H20N2O8S2/c1-16-3-10-20(11-4-16)37(32,33)35-22-13-18(7-12-21(22)34-2)14-23-24(28)26(25(29)36-23)15-17-5-8-19(9-6-17)27(30)31/h3-14H,15H2,1-2H3/b23-14-. The van der Waals surface area contributed by atoms with Crippen LogP contribution in [0.15, 0.2) is 76.5 Å². The molecule has 4 rings (SSSR count). The minimum absolute atomic E-state index is 0.0297. The van der Waals surface area contributed by atoms with E-state index in [2.05, 4.69) is 0 Å². The van der Waals surface area contributed by atoms with Crippen LogP contribution < -0.4 is 8.92 Å². The number of aryl methyl sites for hydroxylation is 1. The van der Waals surface area contributed by atoms with Crippen molar-refractivity contribution in [3.63, 3.8) is 0 Å². The molecule has 0 saturated carbocycles. The monoisotopic (exact) mass is 540 g/mol. The predicted molar refractivity (Wildman–Crippen MR) is 137 cm³/mol. The van der Waals surface area contributed by atoms with E-state index in [1.807, 2.05) is 6.92 Å². The maximum atomic E-state index is 12.9. The summed E-state index contributed by atoms with van der Waals surface area (Å²) in [6.45, 7) is 1.78. The number of nitro groups is 1. The van der Waals surface area contributed by atoms with Gasteiger partial charge in [0, 0.05) is 12.1 Å². The average molecular weight is 541 g/mol. The van der Waals surface area contributed by atoms with E-state index >= 15 is 0 Å². The number of amides is 2. The summed E-state index contributed by atoms with van der Waals surface area (Å²) in [5.74, 6) is -0.458. The summed E-state index contributed by atoms with van der Waals surface area (Å²) in [4.78, 5) is 36.8. The fourth-order valence-corrected chi connectivity index (χ4v) is 5.18. The van der Waals surface area contributed by atoms with Gasteiger partial charge in [0.2, 0.25) is 0 Å². The molecule has 12 heteroatoms. The van der Waals surface area contributed by atoms with Gasteiger partial charge >= 0.3 is 10.1 Å². The number of rotatable bonds is 8. The maximum Gasteiger partial charge on any atom is 0.339 e. The van der Waals surface area contributed by atoms with Crippen molar-refractivity contribution in [2.75, 3.05) is 7.11 Å². The van der Waals surface area contributed by atoms with Crippen LogP contribution in [0.5, 0.6) is 11.5 Å². The molecule has 1 fully saturated rings. The predicted octanol–water partition coefficient (Wildman–Crippen LogP) is 4.92. The number of ether oxygens (including phenoxy) is 1. The molecule has 3 aromatic carbocycles. The Morgan fingerprint density at radius 3 is 2.30 bits per heavy atom. The van der Waals surface area contributed by atoms with Crippen LogP contribution in [0, 0.1) is 17.0 Å². The summed E-state index contributed by atoms with van der Waals surface area (Å²) in [7, 11) is -2.79. The van der Waals surface area contributed by atoms with Gasteiger partial charge in [-0.3, -0.25) is 24.6 Å². The lowest BCUT2D eigenvalue weighted by Crippen LogP contribution is -2.27. The molecule has 0 spiro atoms. The number of nitrogens with zero attached hydrogens (tertiary/aromatic N) is 2. The third-order valence-corrected chi connectivity index (χ3v) is 7.51. The first-order chi connectivity index (χ1) is 17.6. The molecule has 3 aromatic rings. The largest absolute Gasteiger partial charge is 0.493 e. The van der Waals surface area contributed by atoms with Crippen LogP contribution in [0.4, 0.5) is 10.5 Å². The molecule has 0 bridgehead atoms. The Bertz CT molecular complexity index is 1520. The van der Waals surface area contributed by atoms with Gasteiger partial charge in [-0.05, 0) is 60.2 Å². The third-order valence-electron chi connectivity index (χ3n) is 5.36. The number of thioether (sulfide) groups is 1. The fourth-order valence-electron chi connectivity index (χ4n) is 3.41. The Labute approximate surface area is 216 Å². The van der Waals surface area contributed by atoms with Crippen molar-refractivity contribution in [1.82, 2.24) is 4.90 Å². The number of benzene rings is 3. The zero-order chi connectivity index (χ0) is 26.7. The molecule has 1 heterocycles. The quantitative estimate of drug-likeness (QED) is 0.169. The number of carbonyl (C=O) groups is 2. The van der Waals surface area contributed by atoms with Crippen molar-refractivity contribution in [3.8, 4) is 11.5 Å². The molecule has 0 aliphatic carbocycles. The second kappa shape index (κ2) is 10.4. The number of non-ortho nitro benzene ring substituents is 1. The third kappa shape index (κ3) is 5.81. The van der Waals surface area contributed by atoms with Crippen molar-refractivity contribution in [2.45, 2.75) is 18.4 Å². The highest BCUT2D eigenvalue weighted by Gasteiger charge is 2.35. The van der Waals surface area contributed by atoms with E-state index in [1.54, 1.807) is 18.2 Å². The Kier molecular flexibility index (Phi) is 7.32. The number of methoxy groups -OCH3 is 1. The van der Waals surface area contributed by atoms with Crippen LogP contribution in [0.3, 0.4) is 0 Å². The van der Waals surface area contributed by atoms with Crippen molar-refractivity contribution < 1.29 is 31.9 Å². The highest BCUT2D eigenvalue weighted by atomic mass is 32.2. The molecule has 0 aromatic heterocycles. The number of hydrogen-bond acceptors (Lipinski definition) is 9. The number of carbonyl (C=O) groups excluding carboxylic acids is 2. The number of hydrogen-bond donors (Lipinski definition) is 0. The van der Waals surface area contributed by atoms with E-state index in [1.165, 1.54) is 61.7 Å². The van der Waals surface area contributed by atoms with Gasteiger partial charge in [-0.2, -0.15) is 8.42 Å². The summed E-state index contributed by atoms with van der Waals surface area (Å²) in [6.07, 6.45) is 1.45. The van der Waals surface area contributed by atoms with Gasteiger partial charge < -0.3 is 8.92 Å². The van der Waals surface area contributed by atoms with Crippen LogP contribution in [-0.2, 0) is 21.5 Å². The molecular formula is C25H20N2O8S2. The van der Waals surface area contributed by atoms with Gasteiger partial charge in [-0.15, -0.1) is 0 Å². The van der Waals surface area contributed by atoms with Crippen LogP contribution in [0.25, 0.3) is 6.08 Å². The smallest absolute Gasteiger partial charge is 0.339 e. The van der Waals surface area contributed by atoms with Gasteiger partial charge in [-0.25, -0.2) is 0 Å². The molecule has 37 heavy (non-hydrogen) atoms. The number of imide groups is 1. The summed E-state index contributed by atoms with van der Waals surface area (Å²) in [6, 6.07) is 16.2. The van der Waals surface area contributed by atoms with E-state index in [0.717, 1.165) is 22.2 Å². The lowest BCUT2D eigenvalue weighted by Gasteiger charge is -2.12. The second-order valence-electron chi connectivity index (χ2n) is 7.95. The maximum absolute atomic E-state index is 12.9. The van der Waals surface area contributed by atoms with Gasteiger partial charge in [-0.1, -0.05) is 35.9 Å². The molecule has 1 aliphatic heterocycles. The Balaban J connectivity index is 1.56. The highest BCUT2D eigenvalue weighted by molar-refractivity contribution is 8.18. The average Bonchev–Trinajstić information content (AvgIpc) is 3.12. The first-order valence-electron chi connectivity index (χ1n) is 10.8. The van der Waals surface area contributed by atoms with E-state index in [-0.39, 0.29) is 33.5 Å². The lowest BCUT2D eigenvalue weighted by atomic mass is 10.1. The second-order valence-corrected chi connectivity index (χ2v) is 10.5. The van der Waals surface area contributed by atoms with E-state index in [9.17, 15) is 28.1 Å². The molecule has 0 atom stereocenters. The normalized spacial score (nSPS) is 14.8. The molecular weight excluding hydrogens is 520 g/mol. The minimum Gasteiger partial charge on any atom is -0.493 e. The van der Waals surface area contributed by atoms with Crippen molar-refractivity contribution in [2.24, 2.45) is 0 Å². The van der Waals surface area contributed by atoms with Gasteiger partial charge in [0.15, 0.2) is 11.5 Å². The molecule has 0 N–H and O–H groups in total. The van der Waals surface area contributed by atoms with Crippen LogP contribution in [0.1, 0.15) is 16.7 Å². The molecule has 190 valence electrons. The summed E-state index contributed by atoms with van der Waals surface area (Å²) >= 11 is 0.731. The molecule has 1 saturated heterocycles. The minimum atomic E-state index is -4.16. The van der Waals surface area contributed by atoms with Crippen molar-refractivity contribution in [3.05, 3.63) is 98.4 Å². The molecule has 1 aliphatic rings. The molecule has 0 unspecified atom stereocenters. The van der Waals surface area contributed by atoms with E-state index in [0.29, 0.717) is 11.1 Å². The molecule has 10 nitrogen and oxygen atoms in total. The highest BCUT2D eigenvalue weighted by Crippen LogP contribution is 2.36. The van der Waals surface area contributed by atoms with Crippen molar-refractivity contribution in [1.29, 1.82) is 0 Å². The Morgan fingerprint density at radius 1 is 1.00 bits per heavy atom. The summed E-state index contributed by atoms with van der Waals surface area (Å²) in [5, 5.41) is 10.3. The first-order valence-corrected chi connectivity index (χ1v) is 13.0. The van der Waals surface area contributed by atoms with Crippen LogP contribution in [0.2, 0.25) is 0 Å². The van der Waals surface area contributed by atoms with E-state index in [4.69, 9.17) is 8.92 Å². The SMILES string of the molecule is COc1ccc(/C=C2\SC(=O)N(Cc3ccc([N+](=O)[O-])cc3)C2=O)cc1OS(=O)(=O)c1ccc(C)cc1. The van der Waals surface area contributed by atoms with Crippen molar-refractivity contribution >= 4 is 44.8 Å². The summed E-state index contributed by atoms with van der Waals surface area (Å²) in [5.41, 5.74) is 1.76. The first kappa shape index (κ1) is 25.9. The zero-order valence-corrected chi connectivity index (χ0v) is 21.2. The topological polar surface area (TPSA) is 133 Å². The zero-order valence-electron chi connectivity index (χ0n) is 19.6. The molecule has 2 amide bonds. The van der Waals surface area contributed by atoms with Gasteiger partial charge in [0.25, 0.3) is 16.8 Å². The van der Waals surface area contributed by atoms with E-state index < -0.39 is 26.2 Å². The van der Waals surface area contributed by atoms with Gasteiger partial charge in [0.05, 0.1) is 23.5 Å². The van der Waals surface area contributed by atoms with Crippen LogP contribution in [-0.4, -0.2) is 36.5 Å². The number of nitro benzene ring substituents is 1. The molecule has 0 radical (unpaired) electrons. The van der Waals surface area contributed by atoms with Crippen LogP contribution >= 0.6 is 11.8 Å². The lowest BCUT2D eigenvalue weighted by molar-refractivity contribution is -0.384. The summed E-state index contributed by atoms with van der Waals surface area (Å²) < 4.78 is 36.1.